The molecule has 3 unspecified atom stereocenters. The number of rotatable bonds is 21. The van der Waals surface area contributed by atoms with E-state index in [0.29, 0.717) is 5.92 Å². The molecule has 0 spiro atoms. The predicted octanol–water partition coefficient (Wildman–Crippen LogP) is 8.43. The molecule has 0 heterocycles. The molecule has 4 heteroatoms. The quantitative estimate of drug-likeness (QED) is 0.0967. The van der Waals surface area contributed by atoms with E-state index >= 15 is 0 Å². The largest absolute Gasteiger partial charge is 0.463 e. The highest BCUT2D eigenvalue weighted by atomic mass is 16.6. The van der Waals surface area contributed by atoms with Gasteiger partial charge < -0.3 is 9.47 Å². The van der Waals surface area contributed by atoms with Crippen LogP contribution in [0.25, 0.3) is 0 Å². The number of carbonyl (C=O) groups is 2. The summed E-state index contributed by atoms with van der Waals surface area (Å²) in [5, 5.41) is 0. The van der Waals surface area contributed by atoms with Crippen molar-refractivity contribution in [3.05, 3.63) is 12.2 Å². The average Bonchev–Trinajstić information content (AvgIpc) is 2.78. The molecule has 0 saturated carbocycles. The van der Waals surface area contributed by atoms with Crippen molar-refractivity contribution in [2.75, 3.05) is 6.61 Å². The SMILES string of the molecule is CCCCCCCCCCC(/C=C\C(C)CCCCCC)C(=O)OC(C(=O)OCC)C(C)C. The van der Waals surface area contributed by atoms with Crippen LogP contribution in [0.5, 0.6) is 0 Å². The topological polar surface area (TPSA) is 52.6 Å². The van der Waals surface area contributed by atoms with Crippen LogP contribution in [-0.4, -0.2) is 24.6 Å². The van der Waals surface area contributed by atoms with Gasteiger partial charge in [0.05, 0.1) is 12.5 Å². The van der Waals surface area contributed by atoms with Gasteiger partial charge in [-0.1, -0.05) is 124 Å². The van der Waals surface area contributed by atoms with Gasteiger partial charge in [-0.25, -0.2) is 4.79 Å². The van der Waals surface area contributed by atoms with E-state index in [1.54, 1.807) is 6.92 Å². The number of hydrogen-bond donors (Lipinski definition) is 0. The monoisotopic (exact) mass is 466 g/mol. The first kappa shape index (κ1) is 31.7. The lowest BCUT2D eigenvalue weighted by Crippen LogP contribution is -2.35. The maximum Gasteiger partial charge on any atom is 0.347 e. The fourth-order valence-corrected chi connectivity index (χ4v) is 4.00. The zero-order valence-corrected chi connectivity index (χ0v) is 22.7. The summed E-state index contributed by atoms with van der Waals surface area (Å²) in [6, 6.07) is 0. The zero-order chi connectivity index (χ0) is 24.9. The van der Waals surface area contributed by atoms with Crippen LogP contribution in [0.3, 0.4) is 0 Å². The van der Waals surface area contributed by atoms with Crippen LogP contribution >= 0.6 is 0 Å². The second-order valence-corrected chi connectivity index (χ2v) is 9.94. The van der Waals surface area contributed by atoms with E-state index in [0.717, 1.165) is 25.7 Å². The Kier molecular flexibility index (Phi) is 20.4. The summed E-state index contributed by atoms with van der Waals surface area (Å²) in [5.41, 5.74) is 0. The predicted molar refractivity (Wildman–Crippen MR) is 139 cm³/mol. The molecule has 194 valence electrons. The molecule has 0 fully saturated rings. The minimum absolute atomic E-state index is 0.113. The molecule has 0 bridgehead atoms. The van der Waals surface area contributed by atoms with Crippen LogP contribution in [0.15, 0.2) is 12.2 Å². The zero-order valence-electron chi connectivity index (χ0n) is 22.7. The van der Waals surface area contributed by atoms with E-state index in [9.17, 15) is 9.59 Å². The number of ether oxygens (including phenoxy) is 2. The van der Waals surface area contributed by atoms with Crippen molar-refractivity contribution in [2.24, 2.45) is 17.8 Å². The first-order valence-corrected chi connectivity index (χ1v) is 13.9. The van der Waals surface area contributed by atoms with Gasteiger partial charge in [0, 0.05) is 5.92 Å². The molecule has 0 radical (unpaired) electrons. The number of esters is 2. The van der Waals surface area contributed by atoms with Crippen molar-refractivity contribution in [3.8, 4) is 0 Å². The lowest BCUT2D eigenvalue weighted by molar-refractivity contribution is -0.172. The molecule has 33 heavy (non-hydrogen) atoms. The Balaban J connectivity index is 4.87. The van der Waals surface area contributed by atoms with Crippen LogP contribution in [0, 0.1) is 17.8 Å². The van der Waals surface area contributed by atoms with Gasteiger partial charge in [-0.2, -0.15) is 0 Å². The molecular weight excluding hydrogens is 412 g/mol. The molecule has 0 aromatic carbocycles. The molecule has 0 aromatic rings. The number of hydrogen-bond acceptors (Lipinski definition) is 4. The molecule has 0 amide bonds. The highest BCUT2D eigenvalue weighted by molar-refractivity contribution is 5.81. The Bertz CT molecular complexity index is 512. The first-order valence-electron chi connectivity index (χ1n) is 13.9. The van der Waals surface area contributed by atoms with Crippen LogP contribution in [0.1, 0.15) is 131 Å². The Morgan fingerprint density at radius 2 is 1.18 bits per heavy atom. The second-order valence-electron chi connectivity index (χ2n) is 9.94. The van der Waals surface area contributed by atoms with Crippen LogP contribution in [0.2, 0.25) is 0 Å². The fourth-order valence-electron chi connectivity index (χ4n) is 4.00. The summed E-state index contributed by atoms with van der Waals surface area (Å²) < 4.78 is 10.8. The molecule has 0 aliphatic heterocycles. The summed E-state index contributed by atoms with van der Waals surface area (Å²) in [6.45, 7) is 12.5. The number of carbonyl (C=O) groups excluding carboxylic acids is 2. The van der Waals surface area contributed by atoms with Crippen molar-refractivity contribution in [3.63, 3.8) is 0 Å². The molecule has 4 nitrogen and oxygen atoms in total. The molecule has 0 aliphatic rings. The van der Waals surface area contributed by atoms with Gasteiger partial charge in [0.2, 0.25) is 6.10 Å². The van der Waals surface area contributed by atoms with Crippen LogP contribution < -0.4 is 0 Å². The standard InChI is InChI=1S/C29H54O4/c1-7-10-12-14-15-16-17-19-21-26(23-22-25(6)20-18-13-11-8-2)28(30)33-27(24(4)5)29(31)32-9-3/h22-27H,7-21H2,1-6H3/b23-22-. The molecule has 3 atom stereocenters. The lowest BCUT2D eigenvalue weighted by Gasteiger charge is -2.22. The van der Waals surface area contributed by atoms with E-state index in [4.69, 9.17) is 9.47 Å². The molecule has 0 rings (SSSR count). The summed E-state index contributed by atoms with van der Waals surface area (Å²) in [5.74, 6) is -0.696. The first-order chi connectivity index (χ1) is 15.9. The van der Waals surface area contributed by atoms with Crippen molar-refractivity contribution in [2.45, 2.75) is 138 Å². The maximum absolute atomic E-state index is 13.0. The Morgan fingerprint density at radius 3 is 1.73 bits per heavy atom. The summed E-state index contributed by atoms with van der Waals surface area (Å²) in [7, 11) is 0. The minimum atomic E-state index is -0.835. The van der Waals surface area contributed by atoms with E-state index in [-0.39, 0.29) is 24.4 Å². The molecule has 0 aromatic heterocycles. The summed E-state index contributed by atoms with van der Waals surface area (Å²) in [4.78, 5) is 25.3. The molecule has 0 saturated heterocycles. The van der Waals surface area contributed by atoms with Crippen LogP contribution in [0.4, 0.5) is 0 Å². The Labute approximate surface area is 205 Å². The molecule has 0 aliphatic carbocycles. The van der Waals surface area contributed by atoms with Crippen molar-refractivity contribution in [1.29, 1.82) is 0 Å². The van der Waals surface area contributed by atoms with Gasteiger partial charge in [0.15, 0.2) is 0 Å². The van der Waals surface area contributed by atoms with Crippen molar-refractivity contribution in [1.82, 2.24) is 0 Å². The lowest BCUT2D eigenvalue weighted by atomic mass is 9.96. The number of allylic oxidation sites excluding steroid dienone is 1. The van der Waals surface area contributed by atoms with E-state index in [2.05, 4.69) is 26.8 Å². The van der Waals surface area contributed by atoms with E-state index in [1.165, 1.54) is 64.2 Å². The van der Waals surface area contributed by atoms with Gasteiger partial charge in [-0.15, -0.1) is 0 Å². The van der Waals surface area contributed by atoms with Crippen LogP contribution in [-0.2, 0) is 19.1 Å². The van der Waals surface area contributed by atoms with Gasteiger partial charge >= 0.3 is 11.9 Å². The van der Waals surface area contributed by atoms with Gasteiger partial charge in [0.1, 0.15) is 0 Å². The summed E-state index contributed by atoms with van der Waals surface area (Å²) in [6.07, 6.45) is 20.2. The van der Waals surface area contributed by atoms with Gasteiger partial charge in [-0.05, 0) is 25.7 Å². The average molecular weight is 467 g/mol. The highest BCUT2D eigenvalue weighted by Crippen LogP contribution is 2.21. The molecule has 0 N–H and O–H groups in total. The fraction of sp³-hybridized carbons (Fsp3) is 0.862. The number of unbranched alkanes of at least 4 members (excludes halogenated alkanes) is 10. The Morgan fingerprint density at radius 1 is 0.667 bits per heavy atom. The van der Waals surface area contributed by atoms with Crippen molar-refractivity contribution < 1.29 is 19.1 Å². The third-order valence-corrected chi connectivity index (χ3v) is 6.22. The third kappa shape index (κ3) is 16.9. The maximum atomic E-state index is 13.0. The third-order valence-electron chi connectivity index (χ3n) is 6.22. The van der Waals surface area contributed by atoms with E-state index in [1.807, 2.05) is 19.9 Å². The molecular formula is C29H54O4. The van der Waals surface area contributed by atoms with E-state index < -0.39 is 12.1 Å². The normalized spacial score (nSPS) is 14.4. The summed E-state index contributed by atoms with van der Waals surface area (Å²) >= 11 is 0. The van der Waals surface area contributed by atoms with Gasteiger partial charge in [-0.3, -0.25) is 4.79 Å². The minimum Gasteiger partial charge on any atom is -0.463 e. The highest BCUT2D eigenvalue weighted by Gasteiger charge is 2.30. The smallest absolute Gasteiger partial charge is 0.347 e. The van der Waals surface area contributed by atoms with Crippen molar-refractivity contribution >= 4 is 11.9 Å². The second kappa shape index (κ2) is 21.2. The Hall–Kier alpha value is -1.32. The van der Waals surface area contributed by atoms with Gasteiger partial charge in [0.25, 0.3) is 0 Å².